The van der Waals surface area contributed by atoms with Gasteiger partial charge in [-0.25, -0.2) is 4.39 Å². The second kappa shape index (κ2) is 8.94. The zero-order chi connectivity index (χ0) is 20.9. The van der Waals surface area contributed by atoms with Gasteiger partial charge in [-0.2, -0.15) is 5.26 Å². The van der Waals surface area contributed by atoms with Crippen LogP contribution in [-0.2, 0) is 6.61 Å². The second-order valence-electron chi connectivity index (χ2n) is 6.83. The summed E-state index contributed by atoms with van der Waals surface area (Å²) in [5.41, 5.74) is 2.68. The molecule has 0 bridgehead atoms. The average molecular weight is 458 g/mol. The Kier molecular flexibility index (Phi) is 5.92. The number of rotatable bonds is 5. The van der Waals surface area contributed by atoms with Crippen molar-refractivity contribution >= 4 is 38.4 Å². The first-order valence-corrected chi connectivity index (χ1v) is 10.2. The molecule has 0 aromatic heterocycles. The fourth-order valence-corrected chi connectivity index (χ4v) is 3.62. The lowest BCUT2D eigenvalue weighted by Gasteiger charge is -2.11. The monoisotopic (exact) mass is 457 g/mol. The Hall–Kier alpha value is -3.42. The van der Waals surface area contributed by atoms with Gasteiger partial charge in [0.15, 0.2) is 0 Å². The van der Waals surface area contributed by atoms with Crippen LogP contribution in [0.5, 0.6) is 5.75 Å². The number of allylic oxidation sites excluding steroid dienone is 1. The van der Waals surface area contributed by atoms with E-state index in [1.807, 2.05) is 36.4 Å². The highest BCUT2D eigenvalue weighted by Gasteiger charge is 2.08. The van der Waals surface area contributed by atoms with Gasteiger partial charge in [0.05, 0.1) is 11.6 Å². The summed E-state index contributed by atoms with van der Waals surface area (Å²) in [6, 6.07) is 28.2. The molecular weight excluding hydrogens is 441 g/mol. The molecule has 0 N–H and O–H groups in total. The highest BCUT2D eigenvalue weighted by atomic mass is 79.9. The Balaban J connectivity index is 1.63. The number of halogens is 2. The van der Waals surface area contributed by atoms with E-state index in [9.17, 15) is 9.65 Å². The van der Waals surface area contributed by atoms with E-state index in [4.69, 9.17) is 4.74 Å². The van der Waals surface area contributed by atoms with Crippen LogP contribution >= 0.6 is 15.9 Å². The molecule has 0 spiro atoms. The molecule has 0 aliphatic heterocycles. The standard InChI is InChI=1S/C26H17BrFNO/c27-24-10-11-26(30-17-18-8-9-19-4-1-2-5-20(19)12-18)22(14-24)13-23(16-29)21-6-3-7-25(28)15-21/h1-15H,17H2/b23-13-. The van der Waals surface area contributed by atoms with Gasteiger partial charge in [-0.15, -0.1) is 0 Å². The lowest BCUT2D eigenvalue weighted by molar-refractivity contribution is 0.305. The van der Waals surface area contributed by atoms with Crippen LogP contribution < -0.4 is 4.74 Å². The van der Waals surface area contributed by atoms with E-state index in [2.05, 4.69) is 46.3 Å². The maximum absolute atomic E-state index is 13.6. The van der Waals surface area contributed by atoms with Gasteiger partial charge < -0.3 is 4.74 Å². The zero-order valence-corrected chi connectivity index (χ0v) is 17.6. The molecule has 0 heterocycles. The van der Waals surface area contributed by atoms with Gasteiger partial charge in [0.25, 0.3) is 0 Å². The molecule has 30 heavy (non-hydrogen) atoms. The molecule has 4 rings (SSSR count). The van der Waals surface area contributed by atoms with Crippen molar-refractivity contribution in [3.8, 4) is 11.8 Å². The normalized spacial score (nSPS) is 11.3. The van der Waals surface area contributed by atoms with Gasteiger partial charge in [-0.3, -0.25) is 0 Å². The van der Waals surface area contributed by atoms with Crippen molar-refractivity contribution in [3.05, 3.63) is 112 Å². The molecule has 0 unspecified atom stereocenters. The smallest absolute Gasteiger partial charge is 0.127 e. The summed E-state index contributed by atoms with van der Waals surface area (Å²) in [5.74, 6) is 0.270. The molecule has 0 fully saturated rings. The molecule has 0 saturated carbocycles. The van der Waals surface area contributed by atoms with Crippen molar-refractivity contribution in [1.82, 2.24) is 0 Å². The summed E-state index contributed by atoms with van der Waals surface area (Å²) in [7, 11) is 0. The van der Waals surface area contributed by atoms with Crippen LogP contribution in [0.15, 0.2) is 89.4 Å². The predicted octanol–water partition coefficient (Wildman–Crippen LogP) is 7.38. The first-order valence-electron chi connectivity index (χ1n) is 9.40. The first-order chi connectivity index (χ1) is 14.6. The van der Waals surface area contributed by atoms with E-state index in [-0.39, 0.29) is 5.82 Å². The van der Waals surface area contributed by atoms with Gasteiger partial charge >= 0.3 is 0 Å². The fraction of sp³-hybridized carbons (Fsp3) is 0.0385. The quantitative estimate of drug-likeness (QED) is 0.231. The minimum absolute atomic E-state index is 0.364. The summed E-state index contributed by atoms with van der Waals surface area (Å²) in [6.45, 7) is 0.398. The molecular formula is C26H17BrFNO. The van der Waals surface area contributed by atoms with E-state index in [0.717, 1.165) is 21.0 Å². The molecule has 0 radical (unpaired) electrons. The van der Waals surface area contributed by atoms with Crippen molar-refractivity contribution in [2.24, 2.45) is 0 Å². The van der Waals surface area contributed by atoms with E-state index < -0.39 is 0 Å². The minimum atomic E-state index is -0.379. The van der Waals surface area contributed by atoms with Gasteiger partial charge in [-0.05, 0) is 64.4 Å². The Morgan fingerprint density at radius 1 is 0.933 bits per heavy atom. The topological polar surface area (TPSA) is 33.0 Å². The molecule has 0 aliphatic carbocycles. The number of hydrogen-bond donors (Lipinski definition) is 0. The molecule has 0 amide bonds. The van der Waals surface area contributed by atoms with Crippen molar-refractivity contribution in [2.75, 3.05) is 0 Å². The molecule has 2 nitrogen and oxygen atoms in total. The SMILES string of the molecule is N#C/C(=C/c1cc(Br)ccc1OCc1ccc2ccccc2c1)c1cccc(F)c1. The first kappa shape index (κ1) is 19.9. The summed E-state index contributed by atoms with van der Waals surface area (Å²) < 4.78 is 20.5. The number of hydrogen-bond acceptors (Lipinski definition) is 2. The molecule has 0 aliphatic rings. The summed E-state index contributed by atoms with van der Waals surface area (Å²) >= 11 is 3.47. The number of nitriles is 1. The van der Waals surface area contributed by atoms with Crippen molar-refractivity contribution < 1.29 is 9.13 Å². The Morgan fingerprint density at radius 2 is 1.77 bits per heavy atom. The fourth-order valence-electron chi connectivity index (χ4n) is 3.24. The predicted molar refractivity (Wildman–Crippen MR) is 122 cm³/mol. The molecule has 0 saturated heterocycles. The molecule has 4 heteroatoms. The van der Waals surface area contributed by atoms with Crippen LogP contribution in [0.4, 0.5) is 4.39 Å². The van der Waals surface area contributed by atoms with E-state index >= 15 is 0 Å². The average Bonchev–Trinajstić information content (AvgIpc) is 2.76. The van der Waals surface area contributed by atoms with Gasteiger partial charge in [0, 0.05) is 10.0 Å². The third kappa shape index (κ3) is 4.59. The summed E-state index contributed by atoms with van der Waals surface area (Å²) in [5, 5.41) is 11.9. The van der Waals surface area contributed by atoms with Crippen LogP contribution in [0.3, 0.4) is 0 Å². The van der Waals surface area contributed by atoms with Crippen LogP contribution in [0.1, 0.15) is 16.7 Å². The maximum atomic E-state index is 13.6. The third-order valence-corrected chi connectivity index (χ3v) is 5.23. The Labute approximate surface area is 183 Å². The zero-order valence-electron chi connectivity index (χ0n) is 16.0. The third-order valence-electron chi connectivity index (χ3n) is 4.74. The van der Waals surface area contributed by atoms with Crippen LogP contribution in [0, 0.1) is 17.1 Å². The lowest BCUT2D eigenvalue weighted by atomic mass is 10.0. The number of nitrogens with zero attached hydrogens (tertiary/aromatic N) is 1. The van der Waals surface area contributed by atoms with E-state index in [0.29, 0.717) is 23.5 Å². The highest BCUT2D eigenvalue weighted by Crippen LogP contribution is 2.29. The van der Waals surface area contributed by atoms with Gasteiger partial charge in [0.2, 0.25) is 0 Å². The van der Waals surface area contributed by atoms with Crippen molar-refractivity contribution in [1.29, 1.82) is 5.26 Å². The Bertz CT molecular complexity index is 1290. The molecule has 4 aromatic carbocycles. The number of fused-ring (bicyclic) bond motifs is 1. The minimum Gasteiger partial charge on any atom is -0.488 e. The van der Waals surface area contributed by atoms with Gasteiger partial charge in [-0.1, -0.05) is 64.5 Å². The lowest BCUT2D eigenvalue weighted by Crippen LogP contribution is -1.97. The molecule has 4 aromatic rings. The second-order valence-corrected chi connectivity index (χ2v) is 7.75. The van der Waals surface area contributed by atoms with Crippen molar-refractivity contribution in [3.63, 3.8) is 0 Å². The largest absolute Gasteiger partial charge is 0.488 e. The number of ether oxygens (including phenoxy) is 1. The van der Waals surface area contributed by atoms with Crippen LogP contribution in [-0.4, -0.2) is 0 Å². The summed E-state index contributed by atoms with van der Waals surface area (Å²) in [6.07, 6.45) is 1.72. The van der Waals surface area contributed by atoms with Crippen LogP contribution in [0.2, 0.25) is 0 Å². The van der Waals surface area contributed by atoms with Crippen molar-refractivity contribution in [2.45, 2.75) is 6.61 Å². The highest BCUT2D eigenvalue weighted by molar-refractivity contribution is 9.10. The molecule has 0 atom stereocenters. The maximum Gasteiger partial charge on any atom is 0.127 e. The summed E-state index contributed by atoms with van der Waals surface area (Å²) in [4.78, 5) is 0. The molecule has 146 valence electrons. The Morgan fingerprint density at radius 3 is 2.57 bits per heavy atom. The van der Waals surface area contributed by atoms with E-state index in [1.165, 1.54) is 17.5 Å². The van der Waals surface area contributed by atoms with E-state index in [1.54, 1.807) is 18.2 Å². The van der Waals surface area contributed by atoms with Gasteiger partial charge in [0.1, 0.15) is 18.2 Å². The van der Waals surface area contributed by atoms with Crippen LogP contribution in [0.25, 0.3) is 22.4 Å². The number of benzene rings is 4.